The molecule has 0 aliphatic rings. The lowest BCUT2D eigenvalue weighted by molar-refractivity contribution is 0.581. The number of sulfonamides is 1. The van der Waals surface area contributed by atoms with Crippen LogP contribution in [0.3, 0.4) is 0 Å². The van der Waals surface area contributed by atoms with Crippen molar-refractivity contribution in [1.82, 2.24) is 14.6 Å². The van der Waals surface area contributed by atoms with Gasteiger partial charge >= 0.3 is 0 Å². The van der Waals surface area contributed by atoms with Crippen LogP contribution in [-0.4, -0.2) is 38.6 Å². The minimum absolute atomic E-state index is 0.333. The average Bonchev–Trinajstić information content (AvgIpc) is 2.68. The number of hydrogen-bond acceptors (Lipinski definition) is 4. The lowest BCUT2D eigenvalue weighted by atomic mass is 10.4. The number of aromatic nitrogens is 1. The van der Waals surface area contributed by atoms with Crippen molar-refractivity contribution in [3.05, 3.63) is 18.0 Å². The van der Waals surface area contributed by atoms with Crippen LogP contribution < -0.4 is 10.0 Å². The van der Waals surface area contributed by atoms with Gasteiger partial charge in [-0.2, -0.15) is 11.8 Å². The number of aryl methyl sites for hydroxylation is 1. The van der Waals surface area contributed by atoms with Crippen LogP contribution in [0, 0.1) is 0 Å². The highest BCUT2D eigenvalue weighted by atomic mass is 32.2. The van der Waals surface area contributed by atoms with Gasteiger partial charge in [-0.05, 0) is 31.5 Å². The van der Waals surface area contributed by atoms with E-state index in [1.165, 1.54) is 0 Å². The van der Waals surface area contributed by atoms with Crippen molar-refractivity contribution in [2.24, 2.45) is 7.05 Å². The summed E-state index contributed by atoms with van der Waals surface area (Å²) in [6.07, 6.45) is 4.50. The Hall–Kier alpha value is -0.500. The molecule has 7 heteroatoms. The molecule has 5 nitrogen and oxygen atoms in total. The van der Waals surface area contributed by atoms with E-state index in [4.69, 9.17) is 0 Å². The second-order valence-electron chi connectivity index (χ2n) is 4.05. The van der Waals surface area contributed by atoms with Gasteiger partial charge in [0.15, 0.2) is 0 Å². The zero-order valence-corrected chi connectivity index (χ0v) is 12.7. The van der Waals surface area contributed by atoms with Gasteiger partial charge in [-0.3, -0.25) is 0 Å². The molecule has 1 aromatic heterocycles. The van der Waals surface area contributed by atoms with E-state index in [1.807, 2.05) is 24.9 Å². The van der Waals surface area contributed by atoms with Crippen LogP contribution >= 0.6 is 11.8 Å². The fourth-order valence-corrected chi connectivity index (χ4v) is 3.19. The highest BCUT2D eigenvalue weighted by molar-refractivity contribution is 7.98. The topological polar surface area (TPSA) is 63.1 Å². The van der Waals surface area contributed by atoms with Gasteiger partial charge in [0.25, 0.3) is 0 Å². The van der Waals surface area contributed by atoms with Crippen LogP contribution in [0.25, 0.3) is 0 Å². The fourth-order valence-electron chi connectivity index (χ4n) is 1.59. The Morgan fingerprint density at radius 1 is 1.44 bits per heavy atom. The summed E-state index contributed by atoms with van der Waals surface area (Å²) >= 11 is 1.71. The van der Waals surface area contributed by atoms with E-state index in [-0.39, 0.29) is 0 Å². The summed E-state index contributed by atoms with van der Waals surface area (Å²) < 4.78 is 28.5. The van der Waals surface area contributed by atoms with Crippen LogP contribution in [0.1, 0.15) is 12.1 Å². The summed E-state index contributed by atoms with van der Waals surface area (Å²) in [7, 11) is 0.313. The number of nitrogens with one attached hydrogen (secondary N) is 2. The van der Waals surface area contributed by atoms with Crippen LogP contribution in [0.15, 0.2) is 17.2 Å². The number of rotatable bonds is 8. The summed E-state index contributed by atoms with van der Waals surface area (Å²) in [5.41, 5.74) is 0.946. The Morgan fingerprint density at radius 3 is 2.78 bits per heavy atom. The molecule has 0 saturated heterocycles. The maximum absolute atomic E-state index is 12.0. The van der Waals surface area contributed by atoms with Crippen molar-refractivity contribution < 1.29 is 8.42 Å². The third kappa shape index (κ3) is 4.31. The summed E-state index contributed by atoms with van der Waals surface area (Å²) in [6.45, 7) is 1.14. The molecule has 1 heterocycles. The molecule has 0 saturated carbocycles. The molecular weight excluding hydrogens is 270 g/mol. The Kier molecular flexibility index (Phi) is 6.20. The zero-order chi connectivity index (χ0) is 13.6. The third-order valence-electron chi connectivity index (χ3n) is 2.57. The predicted molar refractivity (Wildman–Crippen MR) is 76.4 cm³/mol. The Labute approximate surface area is 113 Å². The number of thioether (sulfide) groups is 1. The monoisotopic (exact) mass is 291 g/mol. The van der Waals surface area contributed by atoms with Crippen molar-refractivity contribution in [3.8, 4) is 0 Å². The number of hydrogen-bond donors (Lipinski definition) is 2. The molecule has 0 bridgehead atoms. The molecule has 0 unspecified atom stereocenters. The van der Waals surface area contributed by atoms with Crippen molar-refractivity contribution in [2.45, 2.75) is 17.9 Å². The molecule has 0 spiro atoms. The Balaban J connectivity index is 2.69. The second-order valence-corrected chi connectivity index (χ2v) is 6.81. The van der Waals surface area contributed by atoms with E-state index in [9.17, 15) is 8.42 Å². The van der Waals surface area contributed by atoms with Crippen molar-refractivity contribution >= 4 is 21.8 Å². The summed E-state index contributed by atoms with van der Waals surface area (Å²) in [4.78, 5) is 0.333. The maximum atomic E-state index is 12.0. The fraction of sp³-hybridized carbons (Fsp3) is 0.636. The van der Waals surface area contributed by atoms with E-state index in [0.29, 0.717) is 18.0 Å². The standard InChI is InChI=1S/C11H21N3O2S2/c1-12-8-10-7-11(9-14(10)2)18(15,16)13-5-4-6-17-3/h7,9,12-13H,4-6,8H2,1-3H3. The van der Waals surface area contributed by atoms with Gasteiger partial charge in [-0.25, -0.2) is 13.1 Å². The third-order valence-corrected chi connectivity index (χ3v) is 4.69. The Bertz CT molecular complexity index is 469. The molecule has 0 aliphatic heterocycles. The van der Waals surface area contributed by atoms with Crippen LogP contribution in [0.5, 0.6) is 0 Å². The van der Waals surface area contributed by atoms with Gasteiger partial charge in [0.05, 0.1) is 4.90 Å². The molecule has 18 heavy (non-hydrogen) atoms. The molecule has 1 aromatic rings. The first-order valence-electron chi connectivity index (χ1n) is 5.79. The van der Waals surface area contributed by atoms with E-state index >= 15 is 0 Å². The van der Waals surface area contributed by atoms with Gasteiger partial charge in [0, 0.05) is 32.0 Å². The SMILES string of the molecule is CNCc1cc(S(=O)(=O)NCCCSC)cn1C. The molecule has 0 aliphatic carbocycles. The average molecular weight is 291 g/mol. The van der Waals surface area contributed by atoms with E-state index in [1.54, 1.807) is 24.0 Å². The highest BCUT2D eigenvalue weighted by Crippen LogP contribution is 2.13. The van der Waals surface area contributed by atoms with Gasteiger partial charge in [0.2, 0.25) is 10.0 Å². The molecular formula is C11H21N3O2S2. The summed E-state index contributed by atoms with van der Waals surface area (Å²) in [5, 5.41) is 3.01. The number of nitrogens with zero attached hydrogens (tertiary/aromatic N) is 1. The van der Waals surface area contributed by atoms with Crippen LogP contribution in [-0.2, 0) is 23.6 Å². The van der Waals surface area contributed by atoms with Crippen LogP contribution in [0.4, 0.5) is 0 Å². The second kappa shape index (κ2) is 7.18. The molecule has 0 amide bonds. The predicted octanol–water partition coefficient (Wildman–Crippen LogP) is 0.776. The van der Waals surface area contributed by atoms with Crippen molar-refractivity contribution in [1.29, 1.82) is 0 Å². The summed E-state index contributed by atoms with van der Waals surface area (Å²) in [6, 6.07) is 1.70. The maximum Gasteiger partial charge on any atom is 0.242 e. The van der Waals surface area contributed by atoms with E-state index in [2.05, 4.69) is 10.0 Å². The first-order valence-corrected chi connectivity index (χ1v) is 8.67. The van der Waals surface area contributed by atoms with Gasteiger partial charge < -0.3 is 9.88 Å². The first-order chi connectivity index (χ1) is 8.51. The zero-order valence-electron chi connectivity index (χ0n) is 11.1. The molecule has 2 N–H and O–H groups in total. The quantitative estimate of drug-likeness (QED) is 0.695. The van der Waals surface area contributed by atoms with Gasteiger partial charge in [-0.1, -0.05) is 0 Å². The molecule has 0 fully saturated rings. The molecule has 0 aromatic carbocycles. The first kappa shape index (κ1) is 15.6. The van der Waals surface area contributed by atoms with Crippen molar-refractivity contribution in [3.63, 3.8) is 0 Å². The normalized spacial score (nSPS) is 11.9. The Morgan fingerprint density at radius 2 is 2.17 bits per heavy atom. The molecule has 0 radical (unpaired) electrons. The lowest BCUT2D eigenvalue weighted by Crippen LogP contribution is -2.24. The minimum atomic E-state index is -3.37. The molecule has 1 rings (SSSR count). The highest BCUT2D eigenvalue weighted by Gasteiger charge is 2.16. The minimum Gasteiger partial charge on any atom is -0.352 e. The van der Waals surface area contributed by atoms with Gasteiger partial charge in [0.1, 0.15) is 0 Å². The van der Waals surface area contributed by atoms with E-state index < -0.39 is 10.0 Å². The smallest absolute Gasteiger partial charge is 0.242 e. The van der Waals surface area contributed by atoms with E-state index in [0.717, 1.165) is 17.9 Å². The lowest BCUT2D eigenvalue weighted by Gasteiger charge is -2.03. The largest absolute Gasteiger partial charge is 0.352 e. The van der Waals surface area contributed by atoms with Gasteiger partial charge in [-0.15, -0.1) is 0 Å². The van der Waals surface area contributed by atoms with Crippen molar-refractivity contribution in [2.75, 3.05) is 25.6 Å². The molecule has 0 atom stereocenters. The van der Waals surface area contributed by atoms with Crippen LogP contribution in [0.2, 0.25) is 0 Å². The molecule has 104 valence electrons. The summed E-state index contributed by atoms with van der Waals surface area (Å²) in [5.74, 6) is 0.961.